The van der Waals surface area contributed by atoms with E-state index in [2.05, 4.69) is 46.8 Å². The maximum Gasteiger partial charge on any atom is 0.226 e. The molecule has 1 aliphatic rings. The van der Waals surface area contributed by atoms with Gasteiger partial charge in [-0.2, -0.15) is 0 Å². The number of hydrogen-bond donors (Lipinski definition) is 2. The van der Waals surface area contributed by atoms with Crippen LogP contribution in [0.5, 0.6) is 0 Å². The molecule has 0 bridgehead atoms. The number of carbonyl (C=O) groups is 1. The van der Waals surface area contributed by atoms with Gasteiger partial charge in [0.15, 0.2) is 0 Å². The predicted molar refractivity (Wildman–Crippen MR) is 89.1 cm³/mol. The molecular formula is C17H21N3OS. The van der Waals surface area contributed by atoms with Gasteiger partial charge in [-0.15, -0.1) is 11.3 Å². The predicted octanol–water partition coefficient (Wildman–Crippen LogP) is 2.25. The van der Waals surface area contributed by atoms with E-state index in [1.165, 1.54) is 11.1 Å². The lowest BCUT2D eigenvalue weighted by molar-refractivity contribution is -0.120. The average molecular weight is 315 g/mol. The first-order valence-corrected chi connectivity index (χ1v) is 8.65. The summed E-state index contributed by atoms with van der Waals surface area (Å²) in [5.74, 6) is 0.0396. The fraction of sp³-hybridized carbons (Fsp3) is 0.412. The standard InChI is InChI=1S/C17H21N3OS/c1-2-17-20-13(11-22-17)9-16(21)19-10-15-14-6-4-3-5-12(14)7-8-18-15/h3-6,11,15,18H,2,7-10H2,1H3,(H,19,21). The van der Waals surface area contributed by atoms with Crippen molar-refractivity contribution in [3.05, 3.63) is 51.5 Å². The van der Waals surface area contributed by atoms with Crippen LogP contribution in [-0.4, -0.2) is 24.0 Å². The van der Waals surface area contributed by atoms with Crippen LogP contribution in [0.1, 0.15) is 34.8 Å². The van der Waals surface area contributed by atoms with Gasteiger partial charge >= 0.3 is 0 Å². The van der Waals surface area contributed by atoms with Gasteiger partial charge in [0.25, 0.3) is 0 Å². The number of carbonyl (C=O) groups excluding carboxylic acids is 1. The van der Waals surface area contributed by atoms with E-state index in [1.54, 1.807) is 11.3 Å². The van der Waals surface area contributed by atoms with Crippen LogP contribution in [0.25, 0.3) is 0 Å². The molecule has 1 amide bonds. The quantitative estimate of drug-likeness (QED) is 0.890. The molecule has 2 heterocycles. The zero-order chi connectivity index (χ0) is 15.4. The van der Waals surface area contributed by atoms with Gasteiger partial charge in [0.2, 0.25) is 5.91 Å². The van der Waals surface area contributed by atoms with Crippen molar-refractivity contribution in [1.82, 2.24) is 15.6 Å². The average Bonchev–Trinajstić information content (AvgIpc) is 3.00. The van der Waals surface area contributed by atoms with E-state index in [0.29, 0.717) is 13.0 Å². The summed E-state index contributed by atoms with van der Waals surface area (Å²) in [5.41, 5.74) is 3.56. The van der Waals surface area contributed by atoms with Crippen LogP contribution in [0.3, 0.4) is 0 Å². The Balaban J connectivity index is 1.55. The second-order valence-electron chi connectivity index (χ2n) is 5.52. The normalized spacial score (nSPS) is 17.0. The zero-order valence-corrected chi connectivity index (χ0v) is 13.6. The summed E-state index contributed by atoms with van der Waals surface area (Å²) in [5, 5.41) is 9.58. The van der Waals surface area contributed by atoms with Crippen LogP contribution in [0, 0.1) is 0 Å². The summed E-state index contributed by atoms with van der Waals surface area (Å²) in [6.45, 7) is 3.67. The number of aromatic nitrogens is 1. The lowest BCUT2D eigenvalue weighted by Gasteiger charge is -2.27. The Morgan fingerprint density at radius 3 is 3.14 bits per heavy atom. The number of hydrogen-bond acceptors (Lipinski definition) is 4. The third-order valence-electron chi connectivity index (χ3n) is 3.96. The molecule has 0 radical (unpaired) electrons. The lowest BCUT2D eigenvalue weighted by Crippen LogP contribution is -2.39. The molecule has 2 N–H and O–H groups in total. The van der Waals surface area contributed by atoms with Crippen molar-refractivity contribution in [3.8, 4) is 0 Å². The smallest absolute Gasteiger partial charge is 0.226 e. The SMILES string of the molecule is CCc1nc(CC(=O)NCC2NCCc3ccccc32)cs1. The van der Waals surface area contributed by atoms with E-state index in [9.17, 15) is 4.79 Å². The number of nitrogens with zero attached hydrogens (tertiary/aromatic N) is 1. The van der Waals surface area contributed by atoms with Crippen LogP contribution in [-0.2, 0) is 24.1 Å². The van der Waals surface area contributed by atoms with Crippen LogP contribution in [0.15, 0.2) is 29.6 Å². The highest BCUT2D eigenvalue weighted by Gasteiger charge is 2.19. The molecule has 1 aromatic carbocycles. The van der Waals surface area contributed by atoms with E-state index >= 15 is 0 Å². The highest BCUT2D eigenvalue weighted by atomic mass is 32.1. The molecule has 1 unspecified atom stereocenters. The summed E-state index contributed by atoms with van der Waals surface area (Å²) >= 11 is 1.62. The molecule has 0 fully saturated rings. The molecule has 0 saturated heterocycles. The minimum atomic E-state index is 0.0396. The number of rotatable bonds is 5. The monoisotopic (exact) mass is 315 g/mol. The van der Waals surface area contributed by atoms with Crippen molar-refractivity contribution < 1.29 is 4.79 Å². The molecule has 22 heavy (non-hydrogen) atoms. The number of aryl methyl sites for hydroxylation is 1. The van der Waals surface area contributed by atoms with Gasteiger partial charge < -0.3 is 10.6 Å². The fourth-order valence-electron chi connectivity index (χ4n) is 2.81. The molecule has 1 aromatic heterocycles. The lowest BCUT2D eigenvalue weighted by atomic mass is 9.94. The van der Waals surface area contributed by atoms with Crippen LogP contribution < -0.4 is 10.6 Å². The van der Waals surface area contributed by atoms with Gasteiger partial charge in [-0.05, 0) is 30.5 Å². The molecule has 116 valence electrons. The number of benzene rings is 1. The van der Waals surface area contributed by atoms with Gasteiger partial charge in [0.05, 0.1) is 17.1 Å². The Bertz CT molecular complexity index is 653. The zero-order valence-electron chi connectivity index (χ0n) is 12.8. The third kappa shape index (κ3) is 3.54. The minimum absolute atomic E-state index is 0.0396. The third-order valence-corrected chi connectivity index (χ3v) is 5.00. The Morgan fingerprint density at radius 1 is 1.45 bits per heavy atom. The highest BCUT2D eigenvalue weighted by Crippen LogP contribution is 2.21. The molecule has 4 nitrogen and oxygen atoms in total. The maximum atomic E-state index is 12.1. The van der Waals surface area contributed by atoms with E-state index in [4.69, 9.17) is 0 Å². The van der Waals surface area contributed by atoms with Gasteiger partial charge in [0.1, 0.15) is 0 Å². The Kier molecular flexibility index (Phi) is 4.85. The van der Waals surface area contributed by atoms with Gasteiger partial charge in [-0.3, -0.25) is 4.79 Å². The molecule has 1 atom stereocenters. The van der Waals surface area contributed by atoms with Crippen molar-refractivity contribution >= 4 is 17.2 Å². The Hall–Kier alpha value is -1.72. The van der Waals surface area contributed by atoms with E-state index in [-0.39, 0.29) is 11.9 Å². The first-order valence-electron chi connectivity index (χ1n) is 7.77. The fourth-order valence-corrected chi connectivity index (χ4v) is 3.56. The molecular weight excluding hydrogens is 294 g/mol. The second-order valence-corrected chi connectivity index (χ2v) is 6.47. The molecule has 0 saturated carbocycles. The molecule has 3 rings (SSSR count). The van der Waals surface area contributed by atoms with Crippen LogP contribution in [0.4, 0.5) is 0 Å². The number of fused-ring (bicyclic) bond motifs is 1. The van der Waals surface area contributed by atoms with Crippen molar-refractivity contribution in [2.24, 2.45) is 0 Å². The van der Waals surface area contributed by atoms with Crippen molar-refractivity contribution in [2.75, 3.05) is 13.1 Å². The van der Waals surface area contributed by atoms with E-state index in [1.807, 2.05) is 5.38 Å². The summed E-state index contributed by atoms with van der Waals surface area (Å²) in [4.78, 5) is 16.5. The second kappa shape index (κ2) is 7.03. The Morgan fingerprint density at radius 2 is 2.32 bits per heavy atom. The first kappa shape index (κ1) is 15.2. The van der Waals surface area contributed by atoms with Crippen LogP contribution in [0.2, 0.25) is 0 Å². The summed E-state index contributed by atoms with van der Waals surface area (Å²) in [7, 11) is 0. The molecule has 0 aliphatic carbocycles. The summed E-state index contributed by atoms with van der Waals surface area (Å²) < 4.78 is 0. The maximum absolute atomic E-state index is 12.1. The number of thiazole rings is 1. The molecule has 2 aromatic rings. The highest BCUT2D eigenvalue weighted by molar-refractivity contribution is 7.09. The van der Waals surface area contributed by atoms with Crippen LogP contribution >= 0.6 is 11.3 Å². The number of nitrogens with one attached hydrogen (secondary N) is 2. The summed E-state index contributed by atoms with van der Waals surface area (Å²) in [6.07, 6.45) is 2.35. The van der Waals surface area contributed by atoms with E-state index < -0.39 is 0 Å². The molecule has 5 heteroatoms. The van der Waals surface area contributed by atoms with E-state index in [0.717, 1.165) is 30.1 Å². The topological polar surface area (TPSA) is 54.0 Å². The molecule has 0 spiro atoms. The van der Waals surface area contributed by atoms with Crippen molar-refractivity contribution in [1.29, 1.82) is 0 Å². The Labute approximate surface area is 135 Å². The van der Waals surface area contributed by atoms with Crippen molar-refractivity contribution in [3.63, 3.8) is 0 Å². The van der Waals surface area contributed by atoms with Gasteiger partial charge in [0, 0.05) is 18.0 Å². The minimum Gasteiger partial charge on any atom is -0.354 e. The first-order chi connectivity index (χ1) is 10.8. The number of amides is 1. The summed E-state index contributed by atoms with van der Waals surface area (Å²) in [6, 6.07) is 8.66. The molecule has 1 aliphatic heterocycles. The largest absolute Gasteiger partial charge is 0.354 e. The van der Waals surface area contributed by atoms with Gasteiger partial charge in [-0.1, -0.05) is 31.2 Å². The van der Waals surface area contributed by atoms with Crippen molar-refractivity contribution in [2.45, 2.75) is 32.2 Å². The van der Waals surface area contributed by atoms with Gasteiger partial charge in [-0.25, -0.2) is 4.98 Å².